The van der Waals surface area contributed by atoms with Crippen molar-refractivity contribution in [2.75, 3.05) is 13.2 Å². The minimum atomic E-state index is 0.293. The standard InChI is InChI=1S/C15H18N2O2S/c1-2-3-4-14-15(20-17-16-14)11-5-7-12(8-6-11)18-9-13-10-19-13/h5-8,13H,2-4,9-10H2,1H3. The van der Waals surface area contributed by atoms with Crippen molar-refractivity contribution >= 4 is 11.5 Å². The molecular weight excluding hydrogens is 272 g/mol. The summed E-state index contributed by atoms with van der Waals surface area (Å²) < 4.78 is 14.9. The third-order valence-corrected chi connectivity index (χ3v) is 4.09. The molecule has 1 aliphatic heterocycles. The average Bonchev–Trinajstić information content (AvgIpc) is 3.20. The van der Waals surface area contributed by atoms with Crippen LogP contribution in [0, 0.1) is 0 Å². The van der Waals surface area contributed by atoms with Crippen LogP contribution in [0.25, 0.3) is 10.4 Å². The van der Waals surface area contributed by atoms with Gasteiger partial charge in [0.1, 0.15) is 18.5 Å². The maximum atomic E-state index is 5.64. The molecule has 1 fully saturated rings. The van der Waals surface area contributed by atoms with Gasteiger partial charge in [-0.2, -0.15) is 0 Å². The lowest BCUT2D eigenvalue weighted by Crippen LogP contribution is -2.03. The maximum absolute atomic E-state index is 5.64. The van der Waals surface area contributed by atoms with Crippen LogP contribution in [0.15, 0.2) is 24.3 Å². The van der Waals surface area contributed by atoms with Crippen molar-refractivity contribution in [3.8, 4) is 16.2 Å². The molecule has 0 radical (unpaired) electrons. The van der Waals surface area contributed by atoms with E-state index in [-0.39, 0.29) is 0 Å². The first-order valence-electron chi connectivity index (χ1n) is 7.03. The second-order valence-corrected chi connectivity index (χ2v) is 5.70. The molecule has 4 nitrogen and oxygen atoms in total. The van der Waals surface area contributed by atoms with Crippen molar-refractivity contribution in [2.45, 2.75) is 32.3 Å². The summed E-state index contributed by atoms with van der Waals surface area (Å²) in [6, 6.07) is 8.16. The Balaban J connectivity index is 1.68. The predicted molar refractivity (Wildman–Crippen MR) is 79.2 cm³/mol. The highest BCUT2D eigenvalue weighted by Crippen LogP contribution is 2.29. The molecule has 1 aromatic heterocycles. The van der Waals surface area contributed by atoms with Gasteiger partial charge in [-0.05, 0) is 54.2 Å². The van der Waals surface area contributed by atoms with Gasteiger partial charge in [0.05, 0.1) is 17.2 Å². The highest BCUT2D eigenvalue weighted by Gasteiger charge is 2.23. The molecule has 0 N–H and O–H groups in total. The summed E-state index contributed by atoms with van der Waals surface area (Å²) in [5.41, 5.74) is 2.28. The fourth-order valence-electron chi connectivity index (χ4n) is 1.99. The molecule has 0 aliphatic carbocycles. The van der Waals surface area contributed by atoms with Crippen LogP contribution in [0.5, 0.6) is 5.75 Å². The Morgan fingerprint density at radius 2 is 2.15 bits per heavy atom. The zero-order chi connectivity index (χ0) is 13.8. The number of benzene rings is 1. The highest BCUT2D eigenvalue weighted by atomic mass is 32.1. The quantitative estimate of drug-likeness (QED) is 0.734. The number of unbranched alkanes of at least 4 members (excludes halogenated alkanes) is 1. The molecule has 3 rings (SSSR count). The van der Waals surface area contributed by atoms with Crippen LogP contribution in [0.1, 0.15) is 25.5 Å². The summed E-state index contributed by atoms with van der Waals surface area (Å²) in [5.74, 6) is 0.886. The van der Waals surface area contributed by atoms with Crippen LogP contribution in [0.2, 0.25) is 0 Å². The zero-order valence-electron chi connectivity index (χ0n) is 11.5. The lowest BCUT2D eigenvalue weighted by molar-refractivity contribution is 0.263. The Labute approximate surface area is 122 Å². The molecule has 1 aromatic carbocycles. The lowest BCUT2D eigenvalue weighted by Gasteiger charge is -2.05. The summed E-state index contributed by atoms with van der Waals surface area (Å²) in [5, 5.41) is 4.24. The van der Waals surface area contributed by atoms with Crippen molar-refractivity contribution < 1.29 is 9.47 Å². The van der Waals surface area contributed by atoms with E-state index in [9.17, 15) is 0 Å². The number of aromatic nitrogens is 2. The summed E-state index contributed by atoms with van der Waals surface area (Å²) in [6.07, 6.45) is 3.62. The Morgan fingerprint density at radius 1 is 1.35 bits per heavy atom. The van der Waals surface area contributed by atoms with Crippen molar-refractivity contribution in [1.29, 1.82) is 0 Å². The van der Waals surface area contributed by atoms with Gasteiger partial charge in [-0.15, -0.1) is 5.10 Å². The van der Waals surface area contributed by atoms with Gasteiger partial charge in [0.15, 0.2) is 0 Å². The van der Waals surface area contributed by atoms with E-state index < -0.39 is 0 Å². The van der Waals surface area contributed by atoms with Crippen molar-refractivity contribution in [2.24, 2.45) is 0 Å². The second-order valence-electron chi connectivity index (χ2n) is 4.94. The van der Waals surface area contributed by atoms with Crippen molar-refractivity contribution in [3.63, 3.8) is 0 Å². The van der Waals surface area contributed by atoms with E-state index in [4.69, 9.17) is 9.47 Å². The largest absolute Gasteiger partial charge is 0.491 e. The first-order chi connectivity index (χ1) is 9.86. The van der Waals surface area contributed by atoms with E-state index in [0.29, 0.717) is 12.7 Å². The van der Waals surface area contributed by atoms with Gasteiger partial charge in [0.2, 0.25) is 0 Å². The third-order valence-electron chi connectivity index (χ3n) is 3.28. The molecule has 20 heavy (non-hydrogen) atoms. The molecule has 106 valence electrons. The average molecular weight is 290 g/mol. The Kier molecular flexibility index (Phi) is 4.28. The van der Waals surface area contributed by atoms with Crippen LogP contribution < -0.4 is 4.74 Å². The molecular formula is C15H18N2O2S. The molecule has 2 heterocycles. The van der Waals surface area contributed by atoms with Crippen LogP contribution in [0.3, 0.4) is 0 Å². The van der Waals surface area contributed by atoms with Gasteiger partial charge >= 0.3 is 0 Å². The van der Waals surface area contributed by atoms with Gasteiger partial charge in [-0.25, -0.2) is 0 Å². The first-order valence-corrected chi connectivity index (χ1v) is 7.80. The number of aryl methyl sites for hydroxylation is 1. The third kappa shape index (κ3) is 3.35. The minimum absolute atomic E-state index is 0.293. The topological polar surface area (TPSA) is 47.5 Å². The number of hydrogen-bond acceptors (Lipinski definition) is 5. The van der Waals surface area contributed by atoms with Gasteiger partial charge in [-0.3, -0.25) is 0 Å². The Hall–Kier alpha value is -1.46. The van der Waals surface area contributed by atoms with Crippen LogP contribution in [0.4, 0.5) is 0 Å². The van der Waals surface area contributed by atoms with E-state index in [1.165, 1.54) is 28.4 Å². The van der Waals surface area contributed by atoms with Gasteiger partial charge in [0.25, 0.3) is 0 Å². The molecule has 5 heteroatoms. The Morgan fingerprint density at radius 3 is 2.85 bits per heavy atom. The van der Waals surface area contributed by atoms with E-state index in [2.05, 4.69) is 28.6 Å². The number of rotatable bonds is 7. The maximum Gasteiger partial charge on any atom is 0.119 e. The molecule has 1 unspecified atom stereocenters. The molecule has 0 spiro atoms. The molecule has 1 saturated heterocycles. The monoisotopic (exact) mass is 290 g/mol. The number of nitrogens with zero attached hydrogens (tertiary/aromatic N) is 2. The molecule has 0 bridgehead atoms. The van der Waals surface area contributed by atoms with Crippen LogP contribution in [-0.4, -0.2) is 28.9 Å². The smallest absolute Gasteiger partial charge is 0.119 e. The fraction of sp³-hybridized carbons (Fsp3) is 0.467. The summed E-state index contributed by atoms with van der Waals surface area (Å²) in [7, 11) is 0. The van der Waals surface area contributed by atoms with E-state index in [1.807, 2.05) is 12.1 Å². The second kappa shape index (κ2) is 6.33. The normalized spacial score (nSPS) is 17.1. The SMILES string of the molecule is CCCCc1nnsc1-c1ccc(OCC2CO2)cc1. The highest BCUT2D eigenvalue weighted by molar-refractivity contribution is 7.09. The summed E-state index contributed by atoms with van der Waals surface area (Å²) >= 11 is 1.47. The molecule has 0 saturated carbocycles. The van der Waals surface area contributed by atoms with Gasteiger partial charge < -0.3 is 9.47 Å². The molecule has 1 atom stereocenters. The fourth-order valence-corrected chi connectivity index (χ4v) is 2.70. The minimum Gasteiger partial charge on any atom is -0.491 e. The van der Waals surface area contributed by atoms with E-state index in [1.54, 1.807) is 0 Å². The summed E-state index contributed by atoms with van der Waals surface area (Å²) in [6.45, 7) is 3.66. The zero-order valence-corrected chi connectivity index (χ0v) is 12.4. The van der Waals surface area contributed by atoms with Crippen LogP contribution >= 0.6 is 11.5 Å². The van der Waals surface area contributed by atoms with Crippen molar-refractivity contribution in [3.05, 3.63) is 30.0 Å². The molecule has 1 aliphatic rings. The number of epoxide rings is 1. The summed E-state index contributed by atoms with van der Waals surface area (Å²) in [4.78, 5) is 1.18. The van der Waals surface area contributed by atoms with E-state index >= 15 is 0 Å². The van der Waals surface area contributed by atoms with Crippen LogP contribution in [-0.2, 0) is 11.2 Å². The molecule has 2 aromatic rings. The van der Waals surface area contributed by atoms with E-state index in [0.717, 1.165) is 30.9 Å². The number of ether oxygens (including phenoxy) is 2. The lowest BCUT2D eigenvalue weighted by atomic mass is 10.1. The number of hydrogen-bond donors (Lipinski definition) is 0. The predicted octanol–water partition coefficient (Wildman–Crippen LogP) is 3.33. The molecule has 0 amide bonds. The van der Waals surface area contributed by atoms with Crippen molar-refractivity contribution in [1.82, 2.24) is 9.59 Å². The van der Waals surface area contributed by atoms with Gasteiger partial charge in [0, 0.05) is 0 Å². The first kappa shape index (κ1) is 13.5. The van der Waals surface area contributed by atoms with Gasteiger partial charge in [-0.1, -0.05) is 17.8 Å². The Bertz CT molecular complexity index is 549.